The Kier molecular flexibility index (Phi) is 9.54. The van der Waals surface area contributed by atoms with Crippen LogP contribution in [0.15, 0.2) is 0 Å². The van der Waals surface area contributed by atoms with Crippen LogP contribution < -0.4 is 0 Å². The molecule has 0 spiro atoms. The molecule has 0 heterocycles. The van der Waals surface area contributed by atoms with Crippen LogP contribution in [0.4, 0.5) is 9.59 Å². The van der Waals surface area contributed by atoms with Gasteiger partial charge in [-0.1, -0.05) is 0 Å². The Morgan fingerprint density at radius 3 is 1.30 bits per heavy atom. The van der Waals surface area contributed by atoms with Crippen LogP contribution in [0.5, 0.6) is 0 Å². The van der Waals surface area contributed by atoms with Crippen LogP contribution in [0.3, 0.4) is 0 Å². The number of rotatable bonds is 8. The Labute approximate surface area is 135 Å². The summed E-state index contributed by atoms with van der Waals surface area (Å²) in [6, 6.07) is 0. The zero-order chi connectivity index (χ0) is 17.9. The summed E-state index contributed by atoms with van der Waals surface area (Å²) in [6.07, 6.45) is -1.91. The van der Waals surface area contributed by atoms with E-state index < -0.39 is 23.5 Å². The lowest BCUT2D eigenvalue weighted by Crippen LogP contribution is -2.23. The summed E-state index contributed by atoms with van der Waals surface area (Å²) in [5, 5.41) is 0. The fourth-order valence-corrected chi connectivity index (χ4v) is 0.836. The highest BCUT2D eigenvalue weighted by atomic mass is 17.2. The van der Waals surface area contributed by atoms with E-state index in [-0.39, 0.29) is 26.4 Å². The molecule has 0 aliphatic carbocycles. The first-order valence-electron chi connectivity index (χ1n) is 7.12. The van der Waals surface area contributed by atoms with Gasteiger partial charge in [0.05, 0.1) is 13.2 Å². The lowest BCUT2D eigenvalue weighted by Gasteiger charge is -2.16. The van der Waals surface area contributed by atoms with Crippen LogP contribution in [-0.2, 0) is 33.8 Å². The number of hydrogen-bond acceptors (Lipinski definition) is 9. The van der Waals surface area contributed by atoms with Crippen LogP contribution >= 0.6 is 0 Å². The quantitative estimate of drug-likeness (QED) is 0.286. The molecular formula is C14H26O9. The van der Waals surface area contributed by atoms with Gasteiger partial charge in [-0.15, -0.1) is 0 Å². The van der Waals surface area contributed by atoms with Gasteiger partial charge in [-0.05, 0) is 41.5 Å². The molecule has 0 aromatic carbocycles. The molecule has 9 nitrogen and oxygen atoms in total. The van der Waals surface area contributed by atoms with Gasteiger partial charge < -0.3 is 14.2 Å². The molecule has 0 fully saturated rings. The van der Waals surface area contributed by atoms with Crippen molar-refractivity contribution < 1.29 is 43.3 Å². The molecule has 23 heavy (non-hydrogen) atoms. The van der Waals surface area contributed by atoms with E-state index in [1.165, 1.54) is 0 Å². The summed E-state index contributed by atoms with van der Waals surface area (Å²) < 4.78 is 14.4. The maximum atomic E-state index is 11.1. The first kappa shape index (κ1) is 21.4. The number of carbonyl (C=O) groups excluding carboxylic acids is 2. The molecule has 0 aromatic rings. The fourth-order valence-electron chi connectivity index (χ4n) is 0.836. The normalized spacial score (nSPS) is 11.7. The van der Waals surface area contributed by atoms with Gasteiger partial charge in [0, 0.05) is 0 Å². The Morgan fingerprint density at radius 2 is 1.00 bits per heavy atom. The third-order valence-corrected chi connectivity index (χ3v) is 1.61. The highest BCUT2D eigenvalue weighted by Crippen LogP contribution is 2.08. The van der Waals surface area contributed by atoms with Gasteiger partial charge in [-0.3, -0.25) is 9.78 Å². The molecule has 0 atom stereocenters. The first-order chi connectivity index (χ1) is 10.5. The summed E-state index contributed by atoms with van der Waals surface area (Å²) in [5.74, 6) is 0. The molecular weight excluding hydrogens is 312 g/mol. The van der Waals surface area contributed by atoms with Crippen LogP contribution in [0.1, 0.15) is 41.5 Å². The zero-order valence-electron chi connectivity index (χ0n) is 14.5. The van der Waals surface area contributed by atoms with E-state index in [1.54, 1.807) is 41.5 Å². The number of hydrogen-bond donors (Lipinski definition) is 0. The van der Waals surface area contributed by atoms with Crippen LogP contribution in [0.2, 0.25) is 0 Å². The van der Waals surface area contributed by atoms with Crippen molar-refractivity contribution in [1.29, 1.82) is 0 Å². The van der Waals surface area contributed by atoms with Gasteiger partial charge in [0.25, 0.3) is 0 Å². The first-order valence-corrected chi connectivity index (χ1v) is 7.12. The summed E-state index contributed by atoms with van der Waals surface area (Å²) in [4.78, 5) is 40.5. The van der Waals surface area contributed by atoms with Crippen molar-refractivity contribution in [3.8, 4) is 0 Å². The van der Waals surface area contributed by atoms with E-state index in [9.17, 15) is 9.59 Å². The predicted octanol–water partition coefficient (Wildman–Crippen LogP) is 2.77. The summed E-state index contributed by atoms with van der Waals surface area (Å²) in [5.41, 5.74) is -1.23. The van der Waals surface area contributed by atoms with Crippen molar-refractivity contribution in [3.05, 3.63) is 0 Å². The summed E-state index contributed by atoms with van der Waals surface area (Å²) >= 11 is 0. The topological polar surface area (TPSA) is 98.8 Å². The standard InChI is InChI=1S/C14H26O9/c1-13(2,3)22-20-11(15)18-9-7-17-8-10-19-12(16)21-23-14(4,5)6/h7-10H2,1-6H3. The third-order valence-electron chi connectivity index (χ3n) is 1.61. The van der Waals surface area contributed by atoms with Gasteiger partial charge >= 0.3 is 12.3 Å². The molecule has 0 aliphatic heterocycles. The van der Waals surface area contributed by atoms with E-state index in [1.807, 2.05) is 0 Å². The molecule has 0 saturated carbocycles. The molecule has 0 bridgehead atoms. The molecule has 0 N–H and O–H groups in total. The second kappa shape index (κ2) is 10.2. The van der Waals surface area contributed by atoms with Gasteiger partial charge in [0.1, 0.15) is 24.4 Å². The third kappa shape index (κ3) is 16.6. The molecule has 0 amide bonds. The minimum absolute atomic E-state index is 0.0239. The molecule has 0 saturated heterocycles. The second-order valence-corrected chi connectivity index (χ2v) is 6.37. The van der Waals surface area contributed by atoms with Gasteiger partial charge in [-0.25, -0.2) is 9.59 Å². The van der Waals surface area contributed by atoms with E-state index in [4.69, 9.17) is 14.5 Å². The minimum Gasteiger partial charge on any atom is -0.430 e. The van der Waals surface area contributed by atoms with Gasteiger partial charge in [0.2, 0.25) is 0 Å². The van der Waals surface area contributed by atoms with Crippen molar-refractivity contribution in [2.45, 2.75) is 52.7 Å². The second-order valence-electron chi connectivity index (χ2n) is 6.37. The van der Waals surface area contributed by atoms with Gasteiger partial charge in [0.15, 0.2) is 0 Å². The van der Waals surface area contributed by atoms with Crippen LogP contribution in [-0.4, -0.2) is 49.9 Å². The molecule has 0 aliphatic rings. The maximum absolute atomic E-state index is 11.1. The van der Waals surface area contributed by atoms with E-state index in [0.717, 1.165) is 0 Å². The monoisotopic (exact) mass is 338 g/mol. The Bertz CT molecular complexity index is 320. The van der Waals surface area contributed by atoms with Gasteiger partial charge in [-0.2, -0.15) is 9.78 Å². The molecule has 136 valence electrons. The molecule has 0 rings (SSSR count). The van der Waals surface area contributed by atoms with Crippen LogP contribution in [0.25, 0.3) is 0 Å². The van der Waals surface area contributed by atoms with Crippen molar-refractivity contribution in [1.82, 2.24) is 0 Å². The van der Waals surface area contributed by atoms with E-state index in [2.05, 4.69) is 19.2 Å². The highest BCUT2D eigenvalue weighted by Gasteiger charge is 2.17. The smallest absolute Gasteiger partial charge is 0.430 e. The fraction of sp³-hybridized carbons (Fsp3) is 0.857. The van der Waals surface area contributed by atoms with Crippen molar-refractivity contribution in [2.75, 3.05) is 26.4 Å². The lowest BCUT2D eigenvalue weighted by atomic mass is 10.2. The van der Waals surface area contributed by atoms with Crippen molar-refractivity contribution >= 4 is 12.3 Å². The molecule has 0 aromatic heterocycles. The number of ether oxygens (including phenoxy) is 3. The summed E-state index contributed by atoms with van der Waals surface area (Å²) in [6.45, 7) is 10.5. The minimum atomic E-state index is -0.956. The lowest BCUT2D eigenvalue weighted by molar-refractivity contribution is -0.312. The predicted molar refractivity (Wildman–Crippen MR) is 77.4 cm³/mol. The SMILES string of the molecule is CC(C)(C)OOC(=O)OCCOCCOC(=O)OOC(C)(C)C. The largest absolute Gasteiger partial charge is 0.540 e. The van der Waals surface area contributed by atoms with E-state index in [0.29, 0.717) is 0 Å². The van der Waals surface area contributed by atoms with Crippen molar-refractivity contribution in [3.63, 3.8) is 0 Å². The molecule has 0 radical (unpaired) electrons. The Hall–Kier alpha value is -1.58. The Balaban J connectivity index is 3.46. The average Bonchev–Trinajstić information content (AvgIpc) is 2.40. The zero-order valence-corrected chi connectivity index (χ0v) is 14.5. The van der Waals surface area contributed by atoms with E-state index >= 15 is 0 Å². The summed E-state index contributed by atoms with van der Waals surface area (Å²) in [7, 11) is 0. The maximum Gasteiger partial charge on any atom is 0.540 e. The average molecular weight is 338 g/mol. The highest BCUT2D eigenvalue weighted by molar-refractivity contribution is 5.59. The molecule has 9 heteroatoms. The molecule has 0 unspecified atom stereocenters. The Morgan fingerprint density at radius 1 is 0.652 bits per heavy atom. The van der Waals surface area contributed by atoms with Crippen molar-refractivity contribution in [2.24, 2.45) is 0 Å². The van der Waals surface area contributed by atoms with Crippen LogP contribution in [0, 0.1) is 0 Å². The number of carbonyl (C=O) groups is 2.